The van der Waals surface area contributed by atoms with Crippen molar-refractivity contribution in [3.8, 4) is 5.75 Å². The Morgan fingerprint density at radius 2 is 1.79 bits per heavy atom. The fraction of sp³-hybridized carbons (Fsp3) is 0.0588. The minimum absolute atomic E-state index is 0.862. The molecule has 2 heteroatoms. The van der Waals surface area contributed by atoms with Gasteiger partial charge in [-0.15, -0.1) is 0 Å². The lowest BCUT2D eigenvalue weighted by Gasteiger charge is -2.09. The Bertz CT molecular complexity index is 701. The molecule has 0 saturated heterocycles. The molecule has 0 spiro atoms. The molecular formula is C17H13OS. The monoisotopic (exact) mass is 265 g/mol. The van der Waals surface area contributed by atoms with Crippen molar-refractivity contribution in [2.24, 2.45) is 0 Å². The van der Waals surface area contributed by atoms with Crippen molar-refractivity contribution in [3.05, 3.63) is 66.7 Å². The lowest BCUT2D eigenvalue weighted by Crippen LogP contribution is -1.86. The first-order valence-corrected chi connectivity index (χ1v) is 6.90. The normalized spacial score (nSPS) is 10.6. The van der Waals surface area contributed by atoms with Crippen LogP contribution in [0.15, 0.2) is 70.5 Å². The summed E-state index contributed by atoms with van der Waals surface area (Å²) in [6.07, 6.45) is 0. The minimum Gasteiger partial charge on any atom is -0.496 e. The molecule has 1 nitrogen and oxygen atoms in total. The van der Waals surface area contributed by atoms with Crippen LogP contribution < -0.4 is 4.74 Å². The minimum atomic E-state index is 0.862. The van der Waals surface area contributed by atoms with Crippen molar-refractivity contribution in [2.75, 3.05) is 7.11 Å². The van der Waals surface area contributed by atoms with Crippen molar-refractivity contribution in [1.29, 1.82) is 0 Å². The standard InChI is InChI=1S/C17H13OS/c1-18-15-10-4-5-11-17(15)19-16-12-6-8-13-7-2-3-9-14(13)16/h2-10,12H,1H3. The maximum atomic E-state index is 5.38. The zero-order valence-electron chi connectivity index (χ0n) is 10.6. The van der Waals surface area contributed by atoms with Gasteiger partial charge in [-0.1, -0.05) is 60.3 Å². The number of hydrogen-bond acceptors (Lipinski definition) is 2. The predicted octanol–water partition coefficient (Wildman–Crippen LogP) is 4.80. The highest BCUT2D eigenvalue weighted by Crippen LogP contribution is 2.37. The van der Waals surface area contributed by atoms with E-state index in [4.69, 9.17) is 4.74 Å². The molecule has 0 atom stereocenters. The number of benzene rings is 3. The highest BCUT2D eigenvalue weighted by atomic mass is 32.2. The molecule has 3 rings (SSSR count). The van der Waals surface area contributed by atoms with Gasteiger partial charge < -0.3 is 4.74 Å². The number of rotatable bonds is 3. The first-order chi connectivity index (χ1) is 9.38. The van der Waals surface area contributed by atoms with E-state index in [2.05, 4.69) is 48.5 Å². The van der Waals surface area contributed by atoms with Gasteiger partial charge in [-0.2, -0.15) is 0 Å². The van der Waals surface area contributed by atoms with Crippen LogP contribution in [0.1, 0.15) is 0 Å². The second-order valence-corrected chi connectivity index (χ2v) is 5.20. The topological polar surface area (TPSA) is 9.23 Å². The van der Waals surface area contributed by atoms with Crippen LogP contribution in [-0.4, -0.2) is 7.11 Å². The largest absolute Gasteiger partial charge is 0.496 e. The molecule has 0 fully saturated rings. The summed E-state index contributed by atoms with van der Waals surface area (Å²) < 4.78 is 5.38. The molecule has 0 saturated carbocycles. The molecule has 0 aromatic heterocycles. The summed E-state index contributed by atoms with van der Waals surface area (Å²) in [5, 5.41) is 2.51. The lowest BCUT2D eigenvalue weighted by molar-refractivity contribution is 0.404. The molecule has 93 valence electrons. The summed E-state index contributed by atoms with van der Waals surface area (Å²) in [7, 11) is 1.69. The Balaban J connectivity index is 2.06. The van der Waals surface area contributed by atoms with Gasteiger partial charge in [-0.3, -0.25) is 0 Å². The van der Waals surface area contributed by atoms with Crippen LogP contribution in [0.5, 0.6) is 5.75 Å². The van der Waals surface area contributed by atoms with Crippen molar-refractivity contribution in [1.82, 2.24) is 0 Å². The number of methoxy groups -OCH3 is 1. The van der Waals surface area contributed by atoms with Gasteiger partial charge in [0.1, 0.15) is 5.75 Å². The summed E-state index contributed by atoms with van der Waals surface area (Å²) in [6.45, 7) is 0. The number of hydrogen-bond donors (Lipinski definition) is 0. The van der Waals surface area contributed by atoms with Gasteiger partial charge >= 0.3 is 0 Å². The van der Waals surface area contributed by atoms with Gasteiger partial charge in [-0.25, -0.2) is 0 Å². The molecule has 0 unspecified atom stereocenters. The fourth-order valence-corrected chi connectivity index (χ4v) is 3.08. The van der Waals surface area contributed by atoms with Gasteiger partial charge in [0.05, 0.1) is 12.0 Å². The molecule has 0 heterocycles. The molecule has 0 N–H and O–H groups in total. The molecular weight excluding hydrogens is 252 g/mol. The first-order valence-electron chi connectivity index (χ1n) is 6.09. The molecule has 3 aromatic carbocycles. The molecule has 3 aromatic rings. The third-order valence-electron chi connectivity index (χ3n) is 2.96. The first kappa shape index (κ1) is 12.1. The van der Waals surface area contributed by atoms with Gasteiger partial charge in [0, 0.05) is 11.0 Å². The smallest absolute Gasteiger partial charge is 0.133 e. The molecule has 0 amide bonds. The van der Waals surface area contributed by atoms with Crippen LogP contribution >= 0.6 is 11.8 Å². The van der Waals surface area contributed by atoms with Crippen LogP contribution in [-0.2, 0) is 0 Å². The Kier molecular flexibility index (Phi) is 3.43. The molecule has 19 heavy (non-hydrogen) atoms. The van der Waals surface area contributed by atoms with E-state index in [1.165, 1.54) is 15.7 Å². The number of fused-ring (bicyclic) bond motifs is 1. The Labute approximate surface area is 117 Å². The maximum absolute atomic E-state index is 5.38. The van der Waals surface area contributed by atoms with Gasteiger partial charge in [0.15, 0.2) is 0 Å². The predicted molar refractivity (Wildman–Crippen MR) is 79.9 cm³/mol. The van der Waals surface area contributed by atoms with E-state index in [1.807, 2.05) is 18.2 Å². The summed E-state index contributed by atoms with van der Waals surface area (Å²) in [5.74, 6) is 0.862. The third-order valence-corrected chi connectivity index (χ3v) is 4.06. The highest BCUT2D eigenvalue weighted by Gasteiger charge is 2.06. The van der Waals surface area contributed by atoms with Crippen LogP contribution in [0.25, 0.3) is 10.8 Å². The Hall–Kier alpha value is -1.93. The molecule has 0 aliphatic rings. The van der Waals surface area contributed by atoms with E-state index >= 15 is 0 Å². The maximum Gasteiger partial charge on any atom is 0.133 e. The van der Waals surface area contributed by atoms with E-state index in [0.717, 1.165) is 10.6 Å². The molecule has 0 bridgehead atoms. The lowest BCUT2D eigenvalue weighted by atomic mass is 10.1. The van der Waals surface area contributed by atoms with Crippen molar-refractivity contribution < 1.29 is 4.74 Å². The summed E-state index contributed by atoms with van der Waals surface area (Å²) in [6, 6.07) is 23.8. The van der Waals surface area contributed by atoms with Crippen LogP contribution in [0.2, 0.25) is 0 Å². The van der Waals surface area contributed by atoms with E-state index in [1.54, 1.807) is 18.9 Å². The van der Waals surface area contributed by atoms with Crippen LogP contribution in [0, 0.1) is 6.07 Å². The molecule has 1 radical (unpaired) electrons. The SMILES string of the molecule is COc1ccc[c]c1Sc1cccc2ccccc12. The van der Waals surface area contributed by atoms with E-state index < -0.39 is 0 Å². The Morgan fingerprint density at radius 3 is 2.68 bits per heavy atom. The average Bonchev–Trinajstić information content (AvgIpc) is 2.48. The van der Waals surface area contributed by atoms with Crippen molar-refractivity contribution in [3.63, 3.8) is 0 Å². The fourth-order valence-electron chi connectivity index (χ4n) is 2.04. The van der Waals surface area contributed by atoms with Crippen LogP contribution in [0.3, 0.4) is 0 Å². The quantitative estimate of drug-likeness (QED) is 0.672. The van der Waals surface area contributed by atoms with E-state index in [0.29, 0.717) is 0 Å². The second kappa shape index (κ2) is 5.37. The average molecular weight is 265 g/mol. The van der Waals surface area contributed by atoms with Gasteiger partial charge in [-0.05, 0) is 22.9 Å². The molecule has 0 aliphatic carbocycles. The third kappa shape index (κ3) is 2.45. The van der Waals surface area contributed by atoms with Crippen LogP contribution in [0.4, 0.5) is 0 Å². The van der Waals surface area contributed by atoms with E-state index in [-0.39, 0.29) is 0 Å². The van der Waals surface area contributed by atoms with Crippen molar-refractivity contribution >= 4 is 22.5 Å². The summed E-state index contributed by atoms with van der Waals surface area (Å²) >= 11 is 1.69. The number of ether oxygens (including phenoxy) is 1. The zero-order valence-corrected chi connectivity index (χ0v) is 11.4. The van der Waals surface area contributed by atoms with E-state index in [9.17, 15) is 0 Å². The molecule has 0 aliphatic heterocycles. The Morgan fingerprint density at radius 1 is 0.947 bits per heavy atom. The van der Waals surface area contributed by atoms with Gasteiger partial charge in [0.2, 0.25) is 0 Å². The van der Waals surface area contributed by atoms with Crippen molar-refractivity contribution in [2.45, 2.75) is 9.79 Å². The summed E-state index contributed by atoms with van der Waals surface area (Å²) in [5.41, 5.74) is 0. The van der Waals surface area contributed by atoms with Gasteiger partial charge in [0.25, 0.3) is 0 Å². The second-order valence-electron chi connectivity index (χ2n) is 4.15. The zero-order chi connectivity index (χ0) is 13.1. The summed E-state index contributed by atoms with van der Waals surface area (Å²) in [4.78, 5) is 2.24. The highest BCUT2D eigenvalue weighted by molar-refractivity contribution is 7.99.